The molecule has 0 radical (unpaired) electrons. The third-order valence-electron chi connectivity index (χ3n) is 4.85. The highest BCUT2D eigenvalue weighted by atomic mass is 16.5. The second kappa shape index (κ2) is 5.51. The molecule has 6 heteroatoms. The molecule has 6 nitrogen and oxygen atoms in total. The van der Waals surface area contributed by atoms with Crippen LogP contribution in [0.3, 0.4) is 0 Å². The lowest BCUT2D eigenvalue weighted by Crippen LogP contribution is -2.38. The summed E-state index contributed by atoms with van der Waals surface area (Å²) in [5.74, 6) is 1.33. The molecule has 0 N–H and O–H groups in total. The zero-order chi connectivity index (χ0) is 16.0. The molecule has 0 spiro atoms. The number of carbonyl (C=O) groups is 1. The predicted octanol–water partition coefficient (Wildman–Crippen LogP) is 2.67. The fraction of sp³-hybridized carbons (Fsp3) is 0.588. The first kappa shape index (κ1) is 14.5. The quantitative estimate of drug-likeness (QED) is 0.870. The molecule has 1 amide bonds. The van der Waals surface area contributed by atoms with Crippen LogP contribution in [0.1, 0.15) is 59.2 Å². The van der Waals surface area contributed by atoms with Gasteiger partial charge < -0.3 is 9.42 Å². The van der Waals surface area contributed by atoms with Gasteiger partial charge in [-0.2, -0.15) is 5.10 Å². The van der Waals surface area contributed by atoms with Crippen LogP contribution >= 0.6 is 0 Å². The summed E-state index contributed by atoms with van der Waals surface area (Å²) in [6, 6.07) is 4.08. The number of likely N-dealkylation sites (tertiary alicyclic amines) is 1. The van der Waals surface area contributed by atoms with Crippen LogP contribution in [-0.4, -0.2) is 38.3 Å². The highest BCUT2D eigenvalue weighted by Crippen LogP contribution is 2.40. The predicted molar refractivity (Wildman–Crippen MR) is 84.2 cm³/mol. The van der Waals surface area contributed by atoms with Gasteiger partial charge in [-0.3, -0.25) is 9.48 Å². The van der Waals surface area contributed by atoms with Crippen molar-refractivity contribution >= 4 is 5.91 Å². The Bertz CT molecular complexity index is 729. The average Bonchev–Trinajstić information content (AvgIpc) is 2.95. The Hall–Kier alpha value is -2.11. The Morgan fingerprint density at radius 3 is 2.83 bits per heavy atom. The normalized spacial score (nSPS) is 21.1. The molecule has 4 rings (SSSR count). The second-order valence-corrected chi connectivity index (χ2v) is 6.79. The maximum atomic E-state index is 12.8. The van der Waals surface area contributed by atoms with Gasteiger partial charge in [0.05, 0.1) is 18.3 Å². The molecule has 0 bridgehead atoms. The molecular weight excluding hydrogens is 292 g/mol. The first-order valence-corrected chi connectivity index (χ1v) is 8.40. The Balaban J connectivity index is 1.49. The van der Waals surface area contributed by atoms with Gasteiger partial charge in [0, 0.05) is 24.2 Å². The van der Waals surface area contributed by atoms with Gasteiger partial charge in [-0.1, -0.05) is 5.16 Å². The van der Waals surface area contributed by atoms with Gasteiger partial charge in [-0.05, 0) is 45.6 Å². The van der Waals surface area contributed by atoms with E-state index in [1.807, 2.05) is 22.6 Å². The third kappa shape index (κ3) is 2.78. The van der Waals surface area contributed by atoms with Crippen LogP contribution < -0.4 is 0 Å². The van der Waals surface area contributed by atoms with E-state index in [0.717, 1.165) is 55.9 Å². The number of aryl methyl sites for hydroxylation is 2. The topological polar surface area (TPSA) is 64.2 Å². The Morgan fingerprint density at radius 2 is 2.13 bits per heavy atom. The van der Waals surface area contributed by atoms with Crippen LogP contribution in [0.5, 0.6) is 0 Å². The van der Waals surface area contributed by atoms with Crippen molar-refractivity contribution in [2.24, 2.45) is 0 Å². The molecule has 1 unspecified atom stereocenters. The SMILES string of the molecule is Cc1cc(C)n(CC2CCCN2C(=O)c2cc(C3CC3)on2)n1. The van der Waals surface area contributed by atoms with Crippen molar-refractivity contribution in [2.45, 2.75) is 58.0 Å². The van der Waals surface area contributed by atoms with E-state index in [9.17, 15) is 4.79 Å². The molecule has 23 heavy (non-hydrogen) atoms. The molecule has 1 aliphatic heterocycles. The van der Waals surface area contributed by atoms with Crippen LogP contribution in [0.2, 0.25) is 0 Å². The molecule has 2 aromatic rings. The van der Waals surface area contributed by atoms with Gasteiger partial charge in [0.15, 0.2) is 5.69 Å². The van der Waals surface area contributed by atoms with E-state index in [4.69, 9.17) is 4.52 Å². The summed E-state index contributed by atoms with van der Waals surface area (Å²) in [6.07, 6.45) is 4.33. The van der Waals surface area contributed by atoms with Crippen molar-refractivity contribution in [1.29, 1.82) is 0 Å². The number of nitrogens with zero attached hydrogens (tertiary/aromatic N) is 4. The molecule has 2 aliphatic rings. The number of aromatic nitrogens is 3. The lowest BCUT2D eigenvalue weighted by Gasteiger charge is -2.24. The minimum absolute atomic E-state index is 0.00955. The number of hydrogen-bond acceptors (Lipinski definition) is 4. The summed E-state index contributed by atoms with van der Waals surface area (Å²) in [5, 5.41) is 8.52. The van der Waals surface area contributed by atoms with Gasteiger partial charge in [0.2, 0.25) is 0 Å². The summed E-state index contributed by atoms with van der Waals surface area (Å²) in [5.41, 5.74) is 2.61. The molecule has 2 fully saturated rings. The van der Waals surface area contributed by atoms with Crippen molar-refractivity contribution in [3.8, 4) is 0 Å². The third-order valence-corrected chi connectivity index (χ3v) is 4.85. The maximum Gasteiger partial charge on any atom is 0.276 e. The Kier molecular flexibility index (Phi) is 3.47. The summed E-state index contributed by atoms with van der Waals surface area (Å²) >= 11 is 0. The van der Waals surface area contributed by atoms with Crippen LogP contribution in [-0.2, 0) is 6.54 Å². The van der Waals surface area contributed by atoms with Crippen molar-refractivity contribution in [2.75, 3.05) is 6.54 Å². The van der Waals surface area contributed by atoms with E-state index in [1.54, 1.807) is 0 Å². The Labute approximate surface area is 135 Å². The van der Waals surface area contributed by atoms with Crippen molar-refractivity contribution in [3.05, 3.63) is 35.0 Å². The zero-order valence-corrected chi connectivity index (χ0v) is 13.7. The average molecular weight is 314 g/mol. The fourth-order valence-electron chi connectivity index (χ4n) is 3.45. The summed E-state index contributed by atoms with van der Waals surface area (Å²) in [4.78, 5) is 14.7. The zero-order valence-electron chi connectivity index (χ0n) is 13.7. The van der Waals surface area contributed by atoms with Crippen molar-refractivity contribution in [3.63, 3.8) is 0 Å². The minimum Gasteiger partial charge on any atom is -0.360 e. The highest BCUT2D eigenvalue weighted by Gasteiger charge is 2.34. The lowest BCUT2D eigenvalue weighted by atomic mass is 10.2. The van der Waals surface area contributed by atoms with Crippen LogP contribution in [0.4, 0.5) is 0 Å². The van der Waals surface area contributed by atoms with Gasteiger partial charge in [-0.25, -0.2) is 0 Å². The molecule has 1 saturated heterocycles. The van der Waals surface area contributed by atoms with Crippen LogP contribution in [0.15, 0.2) is 16.7 Å². The second-order valence-electron chi connectivity index (χ2n) is 6.79. The van der Waals surface area contributed by atoms with E-state index in [1.165, 1.54) is 0 Å². The molecule has 1 atom stereocenters. The van der Waals surface area contributed by atoms with Crippen molar-refractivity contribution < 1.29 is 9.32 Å². The molecule has 2 aromatic heterocycles. The van der Waals surface area contributed by atoms with Gasteiger partial charge in [0.25, 0.3) is 5.91 Å². The summed E-state index contributed by atoms with van der Waals surface area (Å²) in [6.45, 7) is 5.59. The molecule has 0 aromatic carbocycles. The first-order valence-electron chi connectivity index (χ1n) is 8.40. The fourth-order valence-corrected chi connectivity index (χ4v) is 3.45. The van der Waals surface area contributed by atoms with Crippen LogP contribution in [0, 0.1) is 13.8 Å². The summed E-state index contributed by atoms with van der Waals surface area (Å²) in [7, 11) is 0. The van der Waals surface area contributed by atoms with Gasteiger partial charge >= 0.3 is 0 Å². The van der Waals surface area contributed by atoms with E-state index in [-0.39, 0.29) is 11.9 Å². The lowest BCUT2D eigenvalue weighted by molar-refractivity contribution is 0.0710. The number of amides is 1. The van der Waals surface area contributed by atoms with E-state index >= 15 is 0 Å². The monoisotopic (exact) mass is 314 g/mol. The minimum atomic E-state index is -0.00955. The summed E-state index contributed by atoms with van der Waals surface area (Å²) < 4.78 is 7.33. The van der Waals surface area contributed by atoms with Gasteiger partial charge in [-0.15, -0.1) is 0 Å². The molecular formula is C17H22N4O2. The molecule has 122 valence electrons. The van der Waals surface area contributed by atoms with E-state index in [0.29, 0.717) is 11.6 Å². The standard InChI is InChI=1S/C17H22N4O2/c1-11-8-12(2)21(18-11)10-14-4-3-7-20(14)17(22)15-9-16(23-19-15)13-5-6-13/h8-9,13-14H,3-7,10H2,1-2H3. The largest absolute Gasteiger partial charge is 0.360 e. The first-order chi connectivity index (χ1) is 11.1. The highest BCUT2D eigenvalue weighted by molar-refractivity contribution is 5.92. The molecule has 1 saturated carbocycles. The number of rotatable bonds is 4. The van der Waals surface area contributed by atoms with Gasteiger partial charge in [0.1, 0.15) is 5.76 Å². The van der Waals surface area contributed by atoms with E-state index in [2.05, 4.69) is 23.2 Å². The number of hydrogen-bond donors (Lipinski definition) is 0. The van der Waals surface area contributed by atoms with E-state index < -0.39 is 0 Å². The smallest absolute Gasteiger partial charge is 0.276 e. The van der Waals surface area contributed by atoms with Crippen LogP contribution in [0.25, 0.3) is 0 Å². The Morgan fingerprint density at radius 1 is 1.30 bits per heavy atom. The number of carbonyl (C=O) groups excluding carboxylic acids is 1. The van der Waals surface area contributed by atoms with Crippen molar-refractivity contribution in [1.82, 2.24) is 19.8 Å². The maximum absolute atomic E-state index is 12.8. The molecule has 1 aliphatic carbocycles. The molecule has 3 heterocycles.